The fourth-order valence-electron chi connectivity index (χ4n) is 4.00. The van der Waals surface area contributed by atoms with E-state index >= 15 is 0 Å². The lowest BCUT2D eigenvalue weighted by Gasteiger charge is -2.15. The summed E-state index contributed by atoms with van der Waals surface area (Å²) in [6.07, 6.45) is 3.12. The van der Waals surface area contributed by atoms with E-state index in [1.807, 2.05) is 18.2 Å². The minimum Gasteiger partial charge on any atom is -0.482 e. The van der Waals surface area contributed by atoms with Gasteiger partial charge in [0.25, 0.3) is 5.56 Å². The quantitative estimate of drug-likeness (QED) is 0.396. The van der Waals surface area contributed by atoms with Crippen LogP contribution in [0.25, 0.3) is 0 Å². The largest absolute Gasteiger partial charge is 0.482 e. The van der Waals surface area contributed by atoms with E-state index in [4.69, 9.17) is 15.2 Å². The van der Waals surface area contributed by atoms with E-state index in [0.29, 0.717) is 5.75 Å². The van der Waals surface area contributed by atoms with Gasteiger partial charge in [0.1, 0.15) is 17.1 Å². The van der Waals surface area contributed by atoms with Crippen molar-refractivity contribution in [3.8, 4) is 5.75 Å². The SMILES string of the molecule is Cn1c(=O)c(C(=O)COC(=O)COc2ccc3c(c2)CCC3)c(N)n(Cc2ccccc2)c1=O. The molecular formula is C25H25N3O6. The first-order chi connectivity index (χ1) is 16.3. The number of Topliss-reactive ketones (excluding diaryl/α,β-unsaturated/α-hetero) is 1. The summed E-state index contributed by atoms with van der Waals surface area (Å²) in [5.74, 6) is -1.28. The second-order valence-electron chi connectivity index (χ2n) is 8.14. The molecule has 0 atom stereocenters. The highest BCUT2D eigenvalue weighted by atomic mass is 16.6. The number of hydrogen-bond acceptors (Lipinski definition) is 7. The van der Waals surface area contributed by atoms with Crippen molar-refractivity contribution in [3.63, 3.8) is 0 Å². The van der Waals surface area contributed by atoms with Crippen LogP contribution in [0.2, 0.25) is 0 Å². The summed E-state index contributed by atoms with van der Waals surface area (Å²) in [6, 6.07) is 14.7. The zero-order valence-electron chi connectivity index (χ0n) is 18.8. The first-order valence-electron chi connectivity index (χ1n) is 10.9. The molecule has 3 aromatic rings. The van der Waals surface area contributed by atoms with Crippen LogP contribution in [0.3, 0.4) is 0 Å². The van der Waals surface area contributed by atoms with Crippen molar-refractivity contribution in [3.05, 3.63) is 91.6 Å². The molecule has 0 radical (unpaired) electrons. The number of carbonyl (C=O) groups is 2. The highest BCUT2D eigenvalue weighted by Gasteiger charge is 2.23. The average molecular weight is 463 g/mol. The highest BCUT2D eigenvalue weighted by molar-refractivity contribution is 6.01. The van der Waals surface area contributed by atoms with Gasteiger partial charge in [0, 0.05) is 7.05 Å². The standard InChI is InChI=1S/C25H25N3O6/c1-27-24(31)22(23(26)28(25(27)32)13-16-6-3-2-4-7-16)20(29)14-34-21(30)15-33-19-11-10-17-8-5-9-18(17)12-19/h2-4,6-7,10-12H,5,8-9,13-15,26H2,1H3. The molecule has 176 valence electrons. The van der Waals surface area contributed by atoms with Crippen LogP contribution in [0, 0.1) is 0 Å². The third-order valence-electron chi connectivity index (χ3n) is 5.84. The smallest absolute Gasteiger partial charge is 0.344 e. The van der Waals surface area contributed by atoms with Crippen molar-refractivity contribution >= 4 is 17.6 Å². The van der Waals surface area contributed by atoms with Crippen molar-refractivity contribution in [1.29, 1.82) is 0 Å². The normalized spacial score (nSPS) is 12.3. The Morgan fingerprint density at radius 2 is 1.74 bits per heavy atom. The maximum Gasteiger partial charge on any atom is 0.344 e. The number of nitrogen functional groups attached to an aromatic ring is 1. The fraction of sp³-hybridized carbons (Fsp3) is 0.280. The van der Waals surface area contributed by atoms with Crippen LogP contribution in [0.5, 0.6) is 5.75 Å². The summed E-state index contributed by atoms with van der Waals surface area (Å²) < 4.78 is 12.4. The molecule has 0 saturated heterocycles. The van der Waals surface area contributed by atoms with Crippen LogP contribution in [-0.2, 0) is 36.0 Å². The Bertz CT molecular complexity index is 1360. The average Bonchev–Trinajstić information content (AvgIpc) is 3.31. The van der Waals surface area contributed by atoms with Gasteiger partial charge < -0.3 is 15.2 Å². The molecule has 1 aliphatic rings. The fourth-order valence-corrected chi connectivity index (χ4v) is 4.00. The predicted molar refractivity (Wildman–Crippen MR) is 125 cm³/mol. The van der Waals surface area contributed by atoms with Crippen molar-refractivity contribution in [2.75, 3.05) is 18.9 Å². The highest BCUT2D eigenvalue weighted by Crippen LogP contribution is 2.26. The Morgan fingerprint density at radius 3 is 2.50 bits per heavy atom. The second-order valence-corrected chi connectivity index (χ2v) is 8.14. The van der Waals surface area contributed by atoms with Crippen molar-refractivity contribution in [2.45, 2.75) is 25.8 Å². The number of rotatable bonds is 8. The van der Waals surface area contributed by atoms with Crippen molar-refractivity contribution in [2.24, 2.45) is 7.05 Å². The van der Waals surface area contributed by atoms with Crippen LogP contribution < -0.4 is 21.7 Å². The number of nitrogens with two attached hydrogens (primary N) is 1. The minimum absolute atomic E-state index is 0.0777. The predicted octanol–water partition coefficient (Wildman–Crippen LogP) is 1.47. The van der Waals surface area contributed by atoms with Crippen LogP contribution in [0.4, 0.5) is 5.82 Å². The lowest BCUT2D eigenvalue weighted by atomic mass is 10.1. The molecule has 1 aromatic heterocycles. The van der Waals surface area contributed by atoms with Crippen LogP contribution in [0.15, 0.2) is 58.1 Å². The van der Waals surface area contributed by atoms with Gasteiger partial charge in [0.15, 0.2) is 13.2 Å². The molecular weight excluding hydrogens is 438 g/mol. The number of esters is 1. The zero-order chi connectivity index (χ0) is 24.2. The molecule has 9 heteroatoms. The Hall–Kier alpha value is -4.14. The van der Waals surface area contributed by atoms with E-state index in [0.717, 1.165) is 34.0 Å². The molecule has 0 aliphatic heterocycles. The van der Waals surface area contributed by atoms with Crippen LogP contribution in [0.1, 0.15) is 33.5 Å². The molecule has 2 aromatic carbocycles. The van der Waals surface area contributed by atoms with Crippen LogP contribution >= 0.6 is 0 Å². The minimum atomic E-state index is -0.845. The van der Waals surface area contributed by atoms with Crippen LogP contribution in [-0.4, -0.2) is 34.1 Å². The number of benzene rings is 2. The lowest BCUT2D eigenvalue weighted by Crippen LogP contribution is -2.43. The Morgan fingerprint density at radius 1 is 1.00 bits per heavy atom. The number of hydrogen-bond donors (Lipinski definition) is 1. The van der Waals surface area contributed by atoms with Gasteiger partial charge in [-0.25, -0.2) is 9.59 Å². The van der Waals surface area contributed by atoms with Crippen molar-refractivity contribution < 1.29 is 19.1 Å². The summed E-state index contributed by atoms with van der Waals surface area (Å²) in [7, 11) is 1.26. The molecule has 4 rings (SSSR count). The molecule has 9 nitrogen and oxygen atoms in total. The monoisotopic (exact) mass is 463 g/mol. The number of carbonyl (C=O) groups excluding carboxylic acids is 2. The summed E-state index contributed by atoms with van der Waals surface area (Å²) in [4.78, 5) is 50.0. The number of ketones is 1. The van der Waals surface area contributed by atoms with Gasteiger partial charge in [0.2, 0.25) is 5.78 Å². The van der Waals surface area contributed by atoms with E-state index in [1.54, 1.807) is 30.3 Å². The summed E-state index contributed by atoms with van der Waals surface area (Å²) in [6.45, 7) is -1.00. The Labute approximate surface area is 195 Å². The molecule has 34 heavy (non-hydrogen) atoms. The number of anilines is 1. The van der Waals surface area contributed by atoms with E-state index in [-0.39, 0.29) is 19.0 Å². The lowest BCUT2D eigenvalue weighted by molar-refractivity contribution is -0.144. The Kier molecular flexibility index (Phi) is 6.62. The number of aromatic nitrogens is 2. The Balaban J connectivity index is 1.43. The topological polar surface area (TPSA) is 123 Å². The third kappa shape index (κ3) is 4.78. The van der Waals surface area contributed by atoms with E-state index in [9.17, 15) is 19.2 Å². The molecule has 0 fully saturated rings. The van der Waals surface area contributed by atoms with Gasteiger partial charge in [-0.05, 0) is 48.1 Å². The van der Waals surface area contributed by atoms with Crippen molar-refractivity contribution in [1.82, 2.24) is 9.13 Å². The van der Waals surface area contributed by atoms with Gasteiger partial charge in [-0.15, -0.1) is 0 Å². The maximum atomic E-state index is 12.7. The molecule has 1 heterocycles. The molecule has 0 bridgehead atoms. The number of ether oxygens (including phenoxy) is 2. The first kappa shape index (κ1) is 23.0. The van der Waals surface area contributed by atoms with E-state index in [1.165, 1.54) is 18.2 Å². The zero-order valence-corrected chi connectivity index (χ0v) is 18.8. The number of aryl methyl sites for hydroxylation is 2. The van der Waals surface area contributed by atoms with E-state index < -0.39 is 35.2 Å². The van der Waals surface area contributed by atoms with Gasteiger partial charge in [0.05, 0.1) is 6.54 Å². The van der Waals surface area contributed by atoms with Gasteiger partial charge in [-0.2, -0.15) is 0 Å². The summed E-state index contributed by atoms with van der Waals surface area (Å²) >= 11 is 0. The first-order valence-corrected chi connectivity index (χ1v) is 10.9. The maximum absolute atomic E-state index is 12.7. The molecule has 1 aliphatic carbocycles. The third-order valence-corrected chi connectivity index (χ3v) is 5.84. The molecule has 0 saturated carbocycles. The second kappa shape index (κ2) is 9.78. The molecule has 0 unspecified atom stereocenters. The van der Waals surface area contributed by atoms with Gasteiger partial charge in [-0.3, -0.25) is 18.7 Å². The van der Waals surface area contributed by atoms with E-state index in [2.05, 4.69) is 0 Å². The molecule has 0 spiro atoms. The number of nitrogens with zero attached hydrogens (tertiary/aromatic N) is 2. The van der Waals surface area contributed by atoms with Gasteiger partial charge >= 0.3 is 11.7 Å². The molecule has 0 amide bonds. The van der Waals surface area contributed by atoms with Gasteiger partial charge in [-0.1, -0.05) is 36.4 Å². The summed E-state index contributed by atoms with van der Waals surface area (Å²) in [5, 5.41) is 0. The summed E-state index contributed by atoms with van der Waals surface area (Å²) in [5.41, 5.74) is 7.42. The number of fused-ring (bicyclic) bond motifs is 1. The molecule has 2 N–H and O–H groups in total.